The second kappa shape index (κ2) is 6.00. The maximum atomic E-state index is 6.10. The summed E-state index contributed by atoms with van der Waals surface area (Å²) < 4.78 is 0. The van der Waals surface area contributed by atoms with Crippen LogP contribution in [-0.2, 0) is 6.42 Å². The summed E-state index contributed by atoms with van der Waals surface area (Å²) >= 11 is 0. The number of nitrogens with two attached hydrogens (primary N) is 1. The van der Waals surface area contributed by atoms with E-state index in [0.29, 0.717) is 0 Å². The molecule has 0 radical (unpaired) electrons. The molecule has 0 saturated carbocycles. The summed E-state index contributed by atoms with van der Waals surface area (Å²) in [5.41, 5.74) is 13.4. The van der Waals surface area contributed by atoms with E-state index in [4.69, 9.17) is 5.73 Å². The summed E-state index contributed by atoms with van der Waals surface area (Å²) in [5.74, 6) is 0. The lowest BCUT2D eigenvalue weighted by Crippen LogP contribution is -2.21. The van der Waals surface area contributed by atoms with Crippen molar-refractivity contribution in [1.29, 1.82) is 0 Å². The number of nitrogens with zero attached hydrogens (tertiary/aromatic N) is 1. The molecule has 0 unspecified atom stereocenters. The zero-order chi connectivity index (χ0) is 14.7. The first kappa shape index (κ1) is 14.4. The van der Waals surface area contributed by atoms with Crippen LogP contribution in [0.4, 0.5) is 11.4 Å². The minimum atomic E-state index is 0.855. The third-order valence-electron chi connectivity index (χ3n) is 3.81. The Morgan fingerprint density at radius 3 is 2.25 bits per heavy atom. The highest BCUT2D eigenvalue weighted by Gasteiger charge is 2.06. The molecule has 0 saturated heterocycles. The third-order valence-corrected chi connectivity index (χ3v) is 3.81. The van der Waals surface area contributed by atoms with Crippen molar-refractivity contribution < 1.29 is 0 Å². The smallest absolute Gasteiger partial charge is 0.0597 e. The van der Waals surface area contributed by atoms with Crippen molar-refractivity contribution in [2.24, 2.45) is 0 Å². The first-order valence-corrected chi connectivity index (χ1v) is 7.11. The van der Waals surface area contributed by atoms with Gasteiger partial charge in [-0.25, -0.2) is 0 Å². The Hall–Kier alpha value is -1.96. The van der Waals surface area contributed by atoms with Crippen LogP contribution in [0.3, 0.4) is 0 Å². The van der Waals surface area contributed by atoms with Gasteiger partial charge in [-0.2, -0.15) is 0 Å². The van der Waals surface area contributed by atoms with Crippen molar-refractivity contribution in [3.05, 3.63) is 58.7 Å². The number of likely N-dealkylation sites (N-methyl/N-ethyl adjacent to an activating group) is 1. The van der Waals surface area contributed by atoms with E-state index in [9.17, 15) is 0 Å². The normalized spacial score (nSPS) is 10.6. The van der Waals surface area contributed by atoms with E-state index in [1.807, 2.05) is 6.07 Å². The fourth-order valence-corrected chi connectivity index (χ4v) is 2.56. The molecule has 2 rings (SSSR count). The molecule has 0 aromatic heterocycles. The first-order valence-electron chi connectivity index (χ1n) is 7.11. The molecule has 0 atom stereocenters. The molecule has 2 aromatic rings. The zero-order valence-electron chi connectivity index (χ0n) is 12.9. The van der Waals surface area contributed by atoms with Gasteiger partial charge in [-0.3, -0.25) is 0 Å². The number of benzene rings is 2. The summed E-state index contributed by atoms with van der Waals surface area (Å²) in [6.45, 7) is 7.35. The van der Waals surface area contributed by atoms with Crippen molar-refractivity contribution in [3.8, 4) is 0 Å². The van der Waals surface area contributed by atoms with Gasteiger partial charge in [0.15, 0.2) is 0 Å². The van der Waals surface area contributed by atoms with Gasteiger partial charge in [-0.1, -0.05) is 29.8 Å². The average Bonchev–Trinajstić information content (AvgIpc) is 2.37. The van der Waals surface area contributed by atoms with E-state index >= 15 is 0 Å². The molecule has 0 aliphatic heterocycles. The van der Waals surface area contributed by atoms with E-state index in [0.717, 1.165) is 24.3 Å². The van der Waals surface area contributed by atoms with Crippen molar-refractivity contribution in [1.82, 2.24) is 0 Å². The van der Waals surface area contributed by atoms with Crippen LogP contribution >= 0.6 is 0 Å². The van der Waals surface area contributed by atoms with E-state index in [1.54, 1.807) is 0 Å². The zero-order valence-corrected chi connectivity index (χ0v) is 12.9. The summed E-state index contributed by atoms with van der Waals surface area (Å²) in [5, 5.41) is 0. The minimum absolute atomic E-state index is 0.855. The van der Waals surface area contributed by atoms with Crippen LogP contribution in [0.15, 0.2) is 36.4 Å². The predicted molar refractivity (Wildman–Crippen MR) is 88.5 cm³/mol. The Kier molecular flexibility index (Phi) is 4.33. The van der Waals surface area contributed by atoms with Crippen LogP contribution in [0.2, 0.25) is 0 Å². The number of rotatable bonds is 4. The Morgan fingerprint density at radius 1 is 0.950 bits per heavy atom. The van der Waals surface area contributed by atoms with Crippen molar-refractivity contribution in [2.45, 2.75) is 27.2 Å². The lowest BCUT2D eigenvalue weighted by atomic mass is 10.0. The van der Waals surface area contributed by atoms with Gasteiger partial charge in [0.1, 0.15) is 0 Å². The maximum absolute atomic E-state index is 6.10. The molecule has 0 aliphatic rings. The second-order valence-electron chi connectivity index (χ2n) is 5.66. The molecule has 2 nitrogen and oxygen atoms in total. The summed E-state index contributed by atoms with van der Waals surface area (Å²) in [4.78, 5) is 2.23. The highest BCUT2D eigenvalue weighted by molar-refractivity contribution is 5.68. The standard InChI is InChI=1S/C18H24N2/c1-13-5-7-16(15(3)11-13)9-10-20(4)18-8-6-14(2)12-17(18)19/h5-8,11-12H,9-10,19H2,1-4H3. The maximum Gasteiger partial charge on any atom is 0.0597 e. The topological polar surface area (TPSA) is 29.3 Å². The number of aryl methyl sites for hydroxylation is 3. The number of anilines is 2. The van der Waals surface area contributed by atoms with Gasteiger partial charge in [-0.15, -0.1) is 0 Å². The molecule has 0 bridgehead atoms. The molecule has 2 aromatic carbocycles. The van der Waals surface area contributed by atoms with Crippen LogP contribution in [0, 0.1) is 20.8 Å². The number of hydrogen-bond acceptors (Lipinski definition) is 2. The lowest BCUT2D eigenvalue weighted by Gasteiger charge is -2.22. The third kappa shape index (κ3) is 3.32. The SMILES string of the molecule is Cc1ccc(CCN(C)c2ccc(C)cc2N)c(C)c1. The van der Waals surface area contributed by atoms with Gasteiger partial charge >= 0.3 is 0 Å². The second-order valence-corrected chi connectivity index (χ2v) is 5.66. The Bertz CT molecular complexity index is 602. The summed E-state index contributed by atoms with van der Waals surface area (Å²) in [7, 11) is 2.10. The van der Waals surface area contributed by atoms with E-state index in [-0.39, 0.29) is 0 Å². The van der Waals surface area contributed by atoms with Crippen molar-refractivity contribution >= 4 is 11.4 Å². The molecular weight excluding hydrogens is 244 g/mol. The largest absolute Gasteiger partial charge is 0.397 e. The predicted octanol–water partition coefficient (Wildman–Crippen LogP) is 3.87. The molecular formula is C18H24N2. The minimum Gasteiger partial charge on any atom is -0.397 e. The van der Waals surface area contributed by atoms with Gasteiger partial charge in [-0.05, 0) is 56.0 Å². The van der Waals surface area contributed by atoms with Crippen LogP contribution in [0.5, 0.6) is 0 Å². The first-order chi connectivity index (χ1) is 9.47. The fraction of sp³-hybridized carbons (Fsp3) is 0.333. The molecule has 2 heteroatoms. The number of nitrogen functional groups attached to an aromatic ring is 1. The van der Waals surface area contributed by atoms with E-state index in [1.165, 1.54) is 22.3 Å². The highest BCUT2D eigenvalue weighted by Crippen LogP contribution is 2.23. The molecule has 0 fully saturated rings. The fourth-order valence-electron chi connectivity index (χ4n) is 2.56. The molecule has 0 amide bonds. The van der Waals surface area contributed by atoms with Gasteiger partial charge in [0.25, 0.3) is 0 Å². The lowest BCUT2D eigenvalue weighted by molar-refractivity contribution is 0.872. The quantitative estimate of drug-likeness (QED) is 0.853. The van der Waals surface area contributed by atoms with E-state index in [2.05, 4.69) is 63.1 Å². The molecule has 20 heavy (non-hydrogen) atoms. The summed E-state index contributed by atoms with van der Waals surface area (Å²) in [6, 6.07) is 12.9. The average molecular weight is 268 g/mol. The van der Waals surface area contributed by atoms with Gasteiger partial charge in [0.2, 0.25) is 0 Å². The van der Waals surface area contributed by atoms with E-state index < -0.39 is 0 Å². The van der Waals surface area contributed by atoms with Crippen LogP contribution < -0.4 is 10.6 Å². The van der Waals surface area contributed by atoms with Gasteiger partial charge in [0.05, 0.1) is 11.4 Å². The highest BCUT2D eigenvalue weighted by atomic mass is 15.1. The summed E-state index contributed by atoms with van der Waals surface area (Å²) in [6.07, 6.45) is 1.04. The van der Waals surface area contributed by atoms with Crippen LogP contribution in [0.1, 0.15) is 22.3 Å². The van der Waals surface area contributed by atoms with Crippen molar-refractivity contribution in [3.63, 3.8) is 0 Å². The van der Waals surface area contributed by atoms with Crippen molar-refractivity contribution in [2.75, 3.05) is 24.2 Å². The molecule has 2 N–H and O–H groups in total. The molecule has 106 valence electrons. The number of hydrogen-bond donors (Lipinski definition) is 1. The van der Waals surface area contributed by atoms with Crippen LogP contribution in [-0.4, -0.2) is 13.6 Å². The Morgan fingerprint density at radius 2 is 1.60 bits per heavy atom. The Labute approximate surface area is 122 Å². The molecule has 0 heterocycles. The molecule has 0 spiro atoms. The Balaban J connectivity index is 2.06. The monoisotopic (exact) mass is 268 g/mol. The van der Waals surface area contributed by atoms with Gasteiger partial charge < -0.3 is 10.6 Å². The van der Waals surface area contributed by atoms with Gasteiger partial charge in [0, 0.05) is 13.6 Å². The molecule has 0 aliphatic carbocycles. The van der Waals surface area contributed by atoms with Crippen LogP contribution in [0.25, 0.3) is 0 Å².